The number of likely N-dealkylation sites (tertiary alicyclic amines) is 1. The Kier molecular flexibility index (Phi) is 2.55. The van der Waals surface area contributed by atoms with Crippen LogP contribution in [0.4, 0.5) is 0 Å². The zero-order chi connectivity index (χ0) is 9.03. The molecular formula is C9H13N3. The second-order valence-corrected chi connectivity index (χ2v) is 3.25. The SMILES string of the molecule is CCCC1(C#N)CCCN1C#N. The van der Waals surface area contributed by atoms with Crippen molar-refractivity contribution in [2.24, 2.45) is 0 Å². The molecule has 64 valence electrons. The Morgan fingerprint density at radius 3 is 2.75 bits per heavy atom. The minimum atomic E-state index is -0.469. The number of rotatable bonds is 2. The van der Waals surface area contributed by atoms with Crippen LogP contribution in [0, 0.1) is 22.8 Å². The van der Waals surface area contributed by atoms with E-state index in [1.807, 2.05) is 6.92 Å². The lowest BCUT2D eigenvalue weighted by atomic mass is 9.93. The van der Waals surface area contributed by atoms with Gasteiger partial charge in [-0.05, 0) is 19.3 Å². The first-order chi connectivity index (χ1) is 5.79. The van der Waals surface area contributed by atoms with Crippen LogP contribution in [-0.4, -0.2) is 17.0 Å². The molecule has 1 atom stereocenters. The lowest BCUT2D eigenvalue weighted by molar-refractivity contribution is 0.263. The van der Waals surface area contributed by atoms with Crippen molar-refractivity contribution in [3.05, 3.63) is 0 Å². The first-order valence-electron chi connectivity index (χ1n) is 4.37. The first-order valence-corrected chi connectivity index (χ1v) is 4.37. The lowest BCUT2D eigenvalue weighted by Gasteiger charge is -2.27. The van der Waals surface area contributed by atoms with Crippen molar-refractivity contribution in [3.8, 4) is 12.3 Å². The Bertz CT molecular complexity index is 235. The van der Waals surface area contributed by atoms with Gasteiger partial charge in [0.25, 0.3) is 0 Å². The Hall–Kier alpha value is -1.22. The van der Waals surface area contributed by atoms with Crippen molar-refractivity contribution >= 4 is 0 Å². The summed E-state index contributed by atoms with van der Waals surface area (Å²) in [5.74, 6) is 0. The largest absolute Gasteiger partial charge is 0.291 e. The molecule has 1 fully saturated rings. The van der Waals surface area contributed by atoms with Crippen LogP contribution in [-0.2, 0) is 0 Å². The van der Waals surface area contributed by atoms with Gasteiger partial charge in [0.15, 0.2) is 6.19 Å². The van der Waals surface area contributed by atoms with Gasteiger partial charge in [-0.25, -0.2) is 0 Å². The highest BCUT2D eigenvalue weighted by atomic mass is 15.2. The van der Waals surface area contributed by atoms with Crippen molar-refractivity contribution in [1.82, 2.24) is 4.90 Å². The third-order valence-electron chi connectivity index (χ3n) is 2.48. The van der Waals surface area contributed by atoms with Crippen LogP contribution in [0.5, 0.6) is 0 Å². The monoisotopic (exact) mass is 163 g/mol. The summed E-state index contributed by atoms with van der Waals surface area (Å²) < 4.78 is 0. The average Bonchev–Trinajstić information content (AvgIpc) is 2.49. The smallest absolute Gasteiger partial charge is 0.180 e. The normalized spacial score (nSPS) is 28.1. The number of hydrogen-bond donors (Lipinski definition) is 0. The molecule has 1 aliphatic heterocycles. The molecule has 0 aromatic carbocycles. The van der Waals surface area contributed by atoms with Gasteiger partial charge >= 0.3 is 0 Å². The second kappa shape index (κ2) is 3.45. The van der Waals surface area contributed by atoms with E-state index in [0.29, 0.717) is 0 Å². The highest BCUT2D eigenvalue weighted by Crippen LogP contribution is 2.31. The van der Waals surface area contributed by atoms with Crippen LogP contribution in [0.1, 0.15) is 32.6 Å². The average molecular weight is 163 g/mol. The molecule has 0 N–H and O–H groups in total. The van der Waals surface area contributed by atoms with Crippen LogP contribution < -0.4 is 0 Å². The minimum absolute atomic E-state index is 0.469. The van der Waals surface area contributed by atoms with Crippen molar-refractivity contribution in [2.75, 3.05) is 6.54 Å². The van der Waals surface area contributed by atoms with Crippen molar-refractivity contribution in [2.45, 2.75) is 38.1 Å². The molecule has 1 rings (SSSR count). The molecule has 1 saturated heterocycles. The Balaban J connectivity index is 2.79. The third kappa shape index (κ3) is 1.23. The maximum atomic E-state index is 9.01. The summed E-state index contributed by atoms with van der Waals surface area (Å²) >= 11 is 0. The molecule has 0 aromatic heterocycles. The van der Waals surface area contributed by atoms with Crippen LogP contribution >= 0.6 is 0 Å². The van der Waals surface area contributed by atoms with Gasteiger partial charge in [-0.15, -0.1) is 0 Å². The van der Waals surface area contributed by atoms with E-state index in [0.717, 1.165) is 32.2 Å². The zero-order valence-corrected chi connectivity index (χ0v) is 7.38. The van der Waals surface area contributed by atoms with E-state index >= 15 is 0 Å². The highest BCUT2D eigenvalue weighted by Gasteiger charge is 2.39. The van der Waals surface area contributed by atoms with Gasteiger partial charge in [0, 0.05) is 6.54 Å². The molecule has 0 radical (unpaired) electrons. The standard InChI is InChI=1S/C9H13N3/c1-2-4-9(7-10)5-3-6-12(9)8-11/h2-6H2,1H3. The number of hydrogen-bond acceptors (Lipinski definition) is 3. The predicted octanol–water partition coefficient (Wildman–Crippen LogP) is 1.63. The van der Waals surface area contributed by atoms with Gasteiger partial charge in [0.2, 0.25) is 0 Å². The summed E-state index contributed by atoms with van der Waals surface area (Å²) in [6.07, 6.45) is 5.71. The fourth-order valence-corrected chi connectivity index (χ4v) is 1.87. The molecule has 12 heavy (non-hydrogen) atoms. The number of nitrogens with zero attached hydrogens (tertiary/aromatic N) is 3. The second-order valence-electron chi connectivity index (χ2n) is 3.25. The third-order valence-corrected chi connectivity index (χ3v) is 2.48. The van der Waals surface area contributed by atoms with E-state index in [9.17, 15) is 0 Å². The fourth-order valence-electron chi connectivity index (χ4n) is 1.87. The van der Waals surface area contributed by atoms with E-state index in [1.54, 1.807) is 4.90 Å². The van der Waals surface area contributed by atoms with Gasteiger partial charge in [-0.2, -0.15) is 10.5 Å². The van der Waals surface area contributed by atoms with E-state index in [2.05, 4.69) is 12.3 Å². The van der Waals surface area contributed by atoms with Gasteiger partial charge in [-0.1, -0.05) is 13.3 Å². The number of nitriles is 2. The lowest BCUT2D eigenvalue weighted by Crippen LogP contribution is -2.39. The van der Waals surface area contributed by atoms with E-state index in [1.165, 1.54) is 0 Å². The Morgan fingerprint density at radius 1 is 1.50 bits per heavy atom. The maximum Gasteiger partial charge on any atom is 0.180 e. The molecule has 1 aliphatic rings. The van der Waals surface area contributed by atoms with Crippen LogP contribution in [0.2, 0.25) is 0 Å². The Morgan fingerprint density at radius 2 is 2.25 bits per heavy atom. The highest BCUT2D eigenvalue weighted by molar-refractivity contribution is 5.14. The van der Waals surface area contributed by atoms with Crippen LogP contribution in [0.15, 0.2) is 0 Å². The molecule has 0 aliphatic carbocycles. The molecule has 1 heterocycles. The van der Waals surface area contributed by atoms with Crippen LogP contribution in [0.25, 0.3) is 0 Å². The van der Waals surface area contributed by atoms with Crippen LogP contribution in [0.3, 0.4) is 0 Å². The summed E-state index contributed by atoms with van der Waals surface area (Å²) in [6.45, 7) is 2.80. The summed E-state index contributed by atoms with van der Waals surface area (Å²) in [7, 11) is 0. The first kappa shape index (κ1) is 8.87. The quantitative estimate of drug-likeness (QED) is 0.581. The summed E-state index contributed by atoms with van der Waals surface area (Å²) in [4.78, 5) is 1.64. The molecule has 0 saturated carbocycles. The molecule has 1 unspecified atom stereocenters. The summed E-state index contributed by atoms with van der Waals surface area (Å²) in [6, 6.07) is 2.28. The molecule has 0 bridgehead atoms. The van der Waals surface area contributed by atoms with Gasteiger partial charge in [0.1, 0.15) is 5.54 Å². The Labute approximate surface area is 73.2 Å². The minimum Gasteiger partial charge on any atom is -0.291 e. The predicted molar refractivity (Wildman–Crippen MR) is 44.8 cm³/mol. The molecule has 0 spiro atoms. The van der Waals surface area contributed by atoms with E-state index in [4.69, 9.17) is 10.5 Å². The zero-order valence-electron chi connectivity index (χ0n) is 7.38. The topological polar surface area (TPSA) is 50.8 Å². The van der Waals surface area contributed by atoms with E-state index in [-0.39, 0.29) is 0 Å². The summed E-state index contributed by atoms with van der Waals surface area (Å²) in [5.41, 5.74) is -0.469. The summed E-state index contributed by atoms with van der Waals surface area (Å²) in [5, 5.41) is 17.8. The van der Waals surface area contributed by atoms with E-state index < -0.39 is 5.54 Å². The molecule has 0 aromatic rings. The van der Waals surface area contributed by atoms with Crippen molar-refractivity contribution in [3.63, 3.8) is 0 Å². The molecule has 3 heteroatoms. The molecule has 0 amide bonds. The fraction of sp³-hybridized carbons (Fsp3) is 0.778. The molecular weight excluding hydrogens is 150 g/mol. The van der Waals surface area contributed by atoms with Crippen molar-refractivity contribution in [1.29, 1.82) is 10.5 Å². The molecule has 3 nitrogen and oxygen atoms in total. The van der Waals surface area contributed by atoms with Gasteiger partial charge < -0.3 is 0 Å². The van der Waals surface area contributed by atoms with Gasteiger partial charge in [0.05, 0.1) is 6.07 Å². The van der Waals surface area contributed by atoms with Crippen molar-refractivity contribution < 1.29 is 0 Å². The maximum absolute atomic E-state index is 9.01. The van der Waals surface area contributed by atoms with Gasteiger partial charge in [-0.3, -0.25) is 4.90 Å².